The average Bonchev–Trinajstić information content (AvgIpc) is 2.51. The van der Waals surface area contributed by atoms with Gasteiger partial charge in [0.15, 0.2) is 0 Å². The van der Waals surface area contributed by atoms with Crippen LogP contribution in [0.1, 0.15) is 16.7 Å². The van der Waals surface area contributed by atoms with Crippen LogP contribution < -0.4 is 5.32 Å². The molecule has 1 N–H and O–H groups in total. The molecule has 0 bridgehead atoms. The summed E-state index contributed by atoms with van der Waals surface area (Å²) in [5, 5.41) is 2.48. The number of rotatable bonds is 2. The van der Waals surface area contributed by atoms with Crippen LogP contribution in [0.4, 0.5) is 4.79 Å². The van der Waals surface area contributed by atoms with Crippen molar-refractivity contribution >= 4 is 12.1 Å². The summed E-state index contributed by atoms with van der Waals surface area (Å²) in [6.07, 6.45) is -0.176. The molecule has 0 radical (unpaired) electrons. The Morgan fingerprint density at radius 2 is 2.00 bits per heavy atom. The van der Waals surface area contributed by atoms with E-state index in [1.807, 2.05) is 32.0 Å². The normalized spacial score (nSPS) is 19.5. The van der Waals surface area contributed by atoms with Crippen LogP contribution >= 0.6 is 0 Å². The summed E-state index contributed by atoms with van der Waals surface area (Å²) >= 11 is 0. The monoisotopic (exact) mass is 219 g/mol. The van der Waals surface area contributed by atoms with E-state index in [1.54, 1.807) is 0 Å². The second-order valence-corrected chi connectivity index (χ2v) is 4.03. The topological polar surface area (TPSA) is 55.4 Å². The number of hydrogen-bond donors (Lipinski definition) is 1. The van der Waals surface area contributed by atoms with Crippen molar-refractivity contribution in [3.63, 3.8) is 0 Å². The Morgan fingerprint density at radius 1 is 1.25 bits per heavy atom. The number of hydrogen-bond acceptors (Lipinski definition) is 3. The lowest BCUT2D eigenvalue weighted by Gasteiger charge is -2.07. The van der Waals surface area contributed by atoms with E-state index in [0.717, 1.165) is 5.56 Å². The Hall–Kier alpha value is -1.84. The second kappa shape index (κ2) is 3.96. The first-order valence-electron chi connectivity index (χ1n) is 5.14. The fourth-order valence-electron chi connectivity index (χ4n) is 1.69. The van der Waals surface area contributed by atoms with E-state index in [9.17, 15) is 9.59 Å². The van der Waals surface area contributed by atoms with Crippen molar-refractivity contribution in [1.82, 2.24) is 5.32 Å². The number of alkyl carbamates (subject to hydrolysis) is 1. The number of benzene rings is 1. The third kappa shape index (κ3) is 2.05. The van der Waals surface area contributed by atoms with Gasteiger partial charge in [0.1, 0.15) is 6.04 Å². The number of aryl methyl sites for hydroxylation is 2. The first-order chi connectivity index (χ1) is 7.56. The maximum Gasteiger partial charge on any atom is 0.415 e. The van der Waals surface area contributed by atoms with Gasteiger partial charge in [0.2, 0.25) is 0 Å². The zero-order chi connectivity index (χ0) is 11.7. The van der Waals surface area contributed by atoms with Gasteiger partial charge in [-0.25, -0.2) is 9.59 Å². The number of cyclic esters (lactones) is 2. The zero-order valence-electron chi connectivity index (χ0n) is 9.24. The molecule has 0 aromatic heterocycles. The van der Waals surface area contributed by atoms with Crippen LogP contribution in [0.2, 0.25) is 0 Å². The fraction of sp³-hybridized carbons (Fsp3) is 0.333. The van der Waals surface area contributed by atoms with Gasteiger partial charge in [0, 0.05) is 6.42 Å². The van der Waals surface area contributed by atoms with Crippen molar-refractivity contribution in [3.05, 3.63) is 34.9 Å². The molecule has 1 aliphatic heterocycles. The predicted molar refractivity (Wildman–Crippen MR) is 58.0 cm³/mol. The molecule has 16 heavy (non-hydrogen) atoms. The molecule has 0 aliphatic carbocycles. The quantitative estimate of drug-likeness (QED) is 0.605. The lowest BCUT2D eigenvalue weighted by atomic mass is 10.0. The number of nitrogens with one attached hydrogen (secondary N) is 1. The van der Waals surface area contributed by atoms with Crippen molar-refractivity contribution in [2.45, 2.75) is 26.3 Å². The molecule has 1 fully saturated rings. The number of carbonyl (C=O) groups excluding carboxylic acids is 2. The van der Waals surface area contributed by atoms with Gasteiger partial charge in [-0.2, -0.15) is 0 Å². The Morgan fingerprint density at radius 3 is 2.56 bits per heavy atom. The predicted octanol–water partition coefficient (Wildman–Crippen LogP) is 1.48. The molecule has 0 saturated carbocycles. The van der Waals surface area contributed by atoms with E-state index in [-0.39, 0.29) is 0 Å². The summed E-state index contributed by atoms with van der Waals surface area (Å²) < 4.78 is 4.41. The van der Waals surface area contributed by atoms with Crippen molar-refractivity contribution in [1.29, 1.82) is 0 Å². The Bertz CT molecular complexity index is 454. The molecule has 1 amide bonds. The van der Waals surface area contributed by atoms with Gasteiger partial charge in [0.05, 0.1) is 0 Å². The van der Waals surface area contributed by atoms with Crippen molar-refractivity contribution in [2.75, 3.05) is 0 Å². The molecular weight excluding hydrogens is 206 g/mol. The smallest absolute Gasteiger partial charge is 0.375 e. The van der Waals surface area contributed by atoms with E-state index < -0.39 is 18.1 Å². The molecule has 1 heterocycles. The van der Waals surface area contributed by atoms with Crippen LogP contribution in [0, 0.1) is 13.8 Å². The van der Waals surface area contributed by atoms with Gasteiger partial charge in [0.25, 0.3) is 0 Å². The molecule has 84 valence electrons. The summed E-state index contributed by atoms with van der Waals surface area (Å²) in [7, 11) is 0. The standard InChI is InChI=1S/C12H13NO3/c1-7-3-4-9(5-8(7)2)6-10-11(14)16-12(15)13-10/h3-5,10H,6H2,1-2H3,(H,13,15). The number of amides is 1. The fourth-order valence-corrected chi connectivity index (χ4v) is 1.69. The van der Waals surface area contributed by atoms with Crippen LogP contribution in [-0.2, 0) is 16.0 Å². The number of esters is 1. The maximum absolute atomic E-state index is 11.2. The minimum atomic E-state index is -0.654. The van der Waals surface area contributed by atoms with Crippen molar-refractivity contribution in [3.8, 4) is 0 Å². The van der Waals surface area contributed by atoms with Gasteiger partial charge in [-0.15, -0.1) is 0 Å². The van der Waals surface area contributed by atoms with Crippen molar-refractivity contribution < 1.29 is 14.3 Å². The number of ether oxygens (including phenoxy) is 1. The summed E-state index contributed by atoms with van der Waals surface area (Å²) in [5.41, 5.74) is 3.41. The molecule has 0 spiro atoms. The lowest BCUT2D eigenvalue weighted by molar-refractivity contribution is -0.135. The Labute approximate surface area is 93.6 Å². The molecule has 1 aromatic carbocycles. The van der Waals surface area contributed by atoms with Gasteiger partial charge < -0.3 is 10.1 Å². The van der Waals surface area contributed by atoms with Gasteiger partial charge >= 0.3 is 12.1 Å². The summed E-state index contributed by atoms with van der Waals surface area (Å²) in [6, 6.07) is 5.44. The first kappa shape index (κ1) is 10.7. The van der Waals surface area contributed by atoms with Gasteiger partial charge in [-0.1, -0.05) is 18.2 Å². The molecule has 2 rings (SSSR count). The van der Waals surface area contributed by atoms with Crippen LogP contribution in [0.5, 0.6) is 0 Å². The van der Waals surface area contributed by atoms with Crippen LogP contribution in [0.3, 0.4) is 0 Å². The highest BCUT2D eigenvalue weighted by molar-refractivity contribution is 5.95. The molecule has 1 saturated heterocycles. The molecule has 1 aliphatic rings. The molecule has 4 heteroatoms. The molecule has 4 nitrogen and oxygen atoms in total. The van der Waals surface area contributed by atoms with E-state index in [0.29, 0.717) is 6.42 Å². The maximum atomic E-state index is 11.2. The molecule has 1 aromatic rings. The van der Waals surface area contributed by atoms with Gasteiger partial charge in [-0.3, -0.25) is 0 Å². The Balaban J connectivity index is 2.12. The summed E-state index contributed by atoms with van der Waals surface area (Å²) in [6.45, 7) is 4.05. The highest BCUT2D eigenvalue weighted by atomic mass is 16.6. The SMILES string of the molecule is Cc1ccc(CC2NC(=O)OC2=O)cc1C. The average molecular weight is 219 g/mol. The molecule has 1 unspecified atom stereocenters. The third-order valence-corrected chi connectivity index (χ3v) is 2.78. The molecular formula is C12H13NO3. The van der Waals surface area contributed by atoms with E-state index in [4.69, 9.17) is 0 Å². The third-order valence-electron chi connectivity index (χ3n) is 2.78. The van der Waals surface area contributed by atoms with Crippen molar-refractivity contribution in [2.24, 2.45) is 0 Å². The minimum absolute atomic E-state index is 0.478. The van der Waals surface area contributed by atoms with Crippen LogP contribution in [0.25, 0.3) is 0 Å². The number of carbonyl (C=O) groups is 2. The Kier molecular flexibility index (Phi) is 2.64. The van der Waals surface area contributed by atoms with Gasteiger partial charge in [-0.05, 0) is 30.5 Å². The second-order valence-electron chi connectivity index (χ2n) is 4.03. The first-order valence-corrected chi connectivity index (χ1v) is 5.14. The van der Waals surface area contributed by atoms with Crippen LogP contribution in [-0.4, -0.2) is 18.1 Å². The van der Waals surface area contributed by atoms with E-state index in [1.165, 1.54) is 11.1 Å². The highest BCUT2D eigenvalue weighted by Crippen LogP contribution is 2.13. The van der Waals surface area contributed by atoms with E-state index in [2.05, 4.69) is 10.1 Å². The summed E-state index contributed by atoms with van der Waals surface area (Å²) in [4.78, 5) is 22.1. The minimum Gasteiger partial charge on any atom is -0.375 e. The highest BCUT2D eigenvalue weighted by Gasteiger charge is 2.32. The van der Waals surface area contributed by atoms with Crippen LogP contribution in [0.15, 0.2) is 18.2 Å². The molecule has 1 atom stereocenters. The lowest BCUT2D eigenvalue weighted by Crippen LogP contribution is -2.30. The zero-order valence-corrected chi connectivity index (χ0v) is 9.24. The summed E-state index contributed by atoms with van der Waals surface area (Å²) in [5.74, 6) is -0.497. The largest absolute Gasteiger partial charge is 0.415 e. The van der Waals surface area contributed by atoms with E-state index >= 15 is 0 Å².